The quantitative estimate of drug-likeness (QED) is 0.376. The van der Waals surface area contributed by atoms with Gasteiger partial charge in [0.2, 0.25) is 0 Å². The first kappa shape index (κ1) is 19.5. The number of para-hydroxylation sites is 1. The van der Waals surface area contributed by atoms with Crippen molar-refractivity contribution < 1.29 is 9.53 Å². The molecule has 5 nitrogen and oxygen atoms in total. The van der Waals surface area contributed by atoms with Gasteiger partial charge >= 0.3 is 0 Å². The lowest BCUT2D eigenvalue weighted by molar-refractivity contribution is 0.102. The molecule has 30 heavy (non-hydrogen) atoms. The highest BCUT2D eigenvalue weighted by Gasteiger charge is 2.13. The van der Waals surface area contributed by atoms with Crippen LogP contribution in [0.2, 0.25) is 5.02 Å². The van der Waals surface area contributed by atoms with Gasteiger partial charge in [0.1, 0.15) is 17.3 Å². The third-order valence-electron chi connectivity index (χ3n) is 4.23. The van der Waals surface area contributed by atoms with Crippen molar-refractivity contribution in [1.29, 1.82) is 0 Å². The second-order valence-electron chi connectivity index (χ2n) is 6.43. The van der Waals surface area contributed by atoms with Gasteiger partial charge in [-0.15, -0.1) is 0 Å². The fourth-order valence-corrected chi connectivity index (χ4v) is 3.01. The summed E-state index contributed by atoms with van der Waals surface area (Å²) < 4.78 is 5.80. The molecule has 0 fully saturated rings. The molecule has 1 heterocycles. The van der Waals surface area contributed by atoms with Crippen molar-refractivity contribution in [3.8, 4) is 11.5 Å². The average molecular weight is 416 g/mol. The van der Waals surface area contributed by atoms with Crippen molar-refractivity contribution >= 4 is 34.7 Å². The van der Waals surface area contributed by atoms with Gasteiger partial charge in [-0.1, -0.05) is 35.9 Å². The minimum atomic E-state index is -0.281. The van der Waals surface area contributed by atoms with E-state index in [1.807, 2.05) is 54.6 Å². The van der Waals surface area contributed by atoms with Gasteiger partial charge < -0.3 is 15.4 Å². The highest BCUT2D eigenvalue weighted by Crippen LogP contribution is 2.25. The van der Waals surface area contributed by atoms with Gasteiger partial charge in [-0.2, -0.15) is 0 Å². The number of ether oxygens (including phenoxy) is 1. The molecule has 0 radical (unpaired) electrons. The molecule has 2 N–H and O–H groups in total. The summed E-state index contributed by atoms with van der Waals surface area (Å²) in [6, 6.07) is 27.4. The average Bonchev–Trinajstić information content (AvgIpc) is 2.76. The highest BCUT2D eigenvalue weighted by atomic mass is 35.5. The molecule has 0 atom stereocenters. The number of benzene rings is 3. The van der Waals surface area contributed by atoms with Crippen LogP contribution >= 0.6 is 11.6 Å². The normalized spacial score (nSPS) is 10.3. The van der Waals surface area contributed by atoms with Crippen LogP contribution in [0.3, 0.4) is 0 Å². The zero-order chi connectivity index (χ0) is 20.8. The Morgan fingerprint density at radius 3 is 2.33 bits per heavy atom. The minimum absolute atomic E-state index is 0.281. The number of halogens is 1. The van der Waals surface area contributed by atoms with E-state index in [1.54, 1.807) is 42.6 Å². The Morgan fingerprint density at radius 1 is 0.800 bits per heavy atom. The number of hydrogen-bond acceptors (Lipinski definition) is 4. The molecule has 0 saturated carbocycles. The van der Waals surface area contributed by atoms with Gasteiger partial charge in [0.25, 0.3) is 5.91 Å². The van der Waals surface area contributed by atoms with Crippen molar-refractivity contribution in [1.82, 2.24) is 4.98 Å². The molecule has 1 aromatic heterocycles. The minimum Gasteiger partial charge on any atom is -0.457 e. The van der Waals surface area contributed by atoms with Crippen LogP contribution in [-0.4, -0.2) is 10.9 Å². The van der Waals surface area contributed by atoms with E-state index in [0.29, 0.717) is 27.8 Å². The first-order valence-corrected chi connectivity index (χ1v) is 9.67. The summed E-state index contributed by atoms with van der Waals surface area (Å²) in [5, 5.41) is 6.58. The number of carbonyl (C=O) groups is 1. The molecule has 0 aliphatic rings. The molecule has 4 aromatic rings. The van der Waals surface area contributed by atoms with E-state index in [4.69, 9.17) is 16.3 Å². The summed E-state index contributed by atoms with van der Waals surface area (Å²) in [7, 11) is 0. The summed E-state index contributed by atoms with van der Waals surface area (Å²) in [5.74, 6) is 1.65. The Bertz CT molecular complexity index is 1150. The van der Waals surface area contributed by atoms with Crippen LogP contribution < -0.4 is 15.4 Å². The topological polar surface area (TPSA) is 63.2 Å². The first-order chi connectivity index (χ1) is 14.7. The predicted octanol–water partition coefficient (Wildman–Crippen LogP) is 6.52. The lowest BCUT2D eigenvalue weighted by Crippen LogP contribution is -2.14. The van der Waals surface area contributed by atoms with Crippen LogP contribution in [0.25, 0.3) is 0 Å². The highest BCUT2D eigenvalue weighted by molar-refractivity contribution is 6.31. The predicted molar refractivity (Wildman–Crippen MR) is 120 cm³/mol. The molecule has 3 aromatic carbocycles. The molecule has 0 aliphatic carbocycles. The summed E-state index contributed by atoms with van der Waals surface area (Å²) in [6.45, 7) is 0. The van der Waals surface area contributed by atoms with Gasteiger partial charge in [-0.3, -0.25) is 4.79 Å². The Labute approximate surface area is 179 Å². The number of aromatic nitrogens is 1. The van der Waals surface area contributed by atoms with Gasteiger partial charge in [0.15, 0.2) is 0 Å². The molecule has 1 amide bonds. The van der Waals surface area contributed by atoms with Crippen molar-refractivity contribution in [2.45, 2.75) is 0 Å². The lowest BCUT2D eigenvalue weighted by atomic mass is 10.2. The zero-order valence-corrected chi connectivity index (χ0v) is 16.6. The molecule has 0 saturated heterocycles. The summed E-state index contributed by atoms with van der Waals surface area (Å²) in [5.41, 5.74) is 1.82. The molecule has 0 spiro atoms. The lowest BCUT2D eigenvalue weighted by Gasteiger charge is -2.12. The van der Waals surface area contributed by atoms with Crippen LogP contribution in [0.1, 0.15) is 10.4 Å². The van der Waals surface area contributed by atoms with Gasteiger partial charge in [0.05, 0.1) is 5.56 Å². The van der Waals surface area contributed by atoms with E-state index in [1.165, 1.54) is 0 Å². The molecule has 0 aliphatic heterocycles. The molecule has 6 heteroatoms. The standard InChI is InChI=1S/C24H18ClN3O2/c25-17-6-4-7-19(16-17)28-24(29)22-10-5-15-26-23(22)27-18-11-13-21(14-12-18)30-20-8-2-1-3-9-20/h1-16H,(H,26,27)(H,28,29). The maximum atomic E-state index is 12.7. The molecule has 0 bridgehead atoms. The molecule has 0 unspecified atom stereocenters. The van der Waals surface area contributed by atoms with Crippen LogP contribution in [-0.2, 0) is 0 Å². The summed E-state index contributed by atoms with van der Waals surface area (Å²) >= 11 is 5.99. The number of amides is 1. The third kappa shape index (κ3) is 4.96. The van der Waals surface area contributed by atoms with E-state index in [-0.39, 0.29) is 5.91 Å². The maximum Gasteiger partial charge on any atom is 0.259 e. The smallest absolute Gasteiger partial charge is 0.259 e. The second-order valence-corrected chi connectivity index (χ2v) is 6.86. The Hall–Kier alpha value is -3.83. The van der Waals surface area contributed by atoms with Crippen molar-refractivity contribution in [3.63, 3.8) is 0 Å². The van der Waals surface area contributed by atoms with E-state index in [9.17, 15) is 4.79 Å². The van der Waals surface area contributed by atoms with E-state index in [2.05, 4.69) is 15.6 Å². The zero-order valence-electron chi connectivity index (χ0n) is 15.9. The fourth-order valence-electron chi connectivity index (χ4n) is 2.82. The van der Waals surface area contributed by atoms with Crippen molar-refractivity contribution in [2.75, 3.05) is 10.6 Å². The number of nitrogens with zero attached hydrogens (tertiary/aromatic N) is 1. The molecule has 148 valence electrons. The Kier molecular flexibility index (Phi) is 5.92. The monoisotopic (exact) mass is 415 g/mol. The first-order valence-electron chi connectivity index (χ1n) is 9.29. The second kappa shape index (κ2) is 9.11. The molecular formula is C24H18ClN3O2. The van der Waals surface area contributed by atoms with Crippen molar-refractivity contribution in [2.24, 2.45) is 0 Å². The van der Waals surface area contributed by atoms with Crippen LogP contribution in [0.4, 0.5) is 17.2 Å². The SMILES string of the molecule is O=C(Nc1cccc(Cl)c1)c1cccnc1Nc1ccc(Oc2ccccc2)cc1. The molecule has 4 rings (SSSR count). The van der Waals surface area contributed by atoms with E-state index >= 15 is 0 Å². The van der Waals surface area contributed by atoms with Crippen LogP contribution in [0.5, 0.6) is 11.5 Å². The number of pyridine rings is 1. The Balaban J connectivity index is 1.48. The molecular weight excluding hydrogens is 398 g/mol. The fraction of sp³-hybridized carbons (Fsp3) is 0. The van der Waals surface area contributed by atoms with Crippen molar-refractivity contribution in [3.05, 3.63) is 108 Å². The van der Waals surface area contributed by atoms with Gasteiger partial charge in [-0.05, 0) is 66.7 Å². The maximum absolute atomic E-state index is 12.7. The third-order valence-corrected chi connectivity index (χ3v) is 4.47. The Morgan fingerprint density at radius 2 is 1.57 bits per heavy atom. The van der Waals surface area contributed by atoms with E-state index in [0.717, 1.165) is 11.4 Å². The van der Waals surface area contributed by atoms with E-state index < -0.39 is 0 Å². The number of hydrogen-bond donors (Lipinski definition) is 2. The summed E-state index contributed by atoms with van der Waals surface area (Å²) in [4.78, 5) is 17.1. The summed E-state index contributed by atoms with van der Waals surface area (Å²) in [6.07, 6.45) is 1.63. The number of anilines is 3. The van der Waals surface area contributed by atoms with Gasteiger partial charge in [0, 0.05) is 22.6 Å². The number of nitrogens with one attached hydrogen (secondary N) is 2. The van der Waals surface area contributed by atoms with Crippen LogP contribution in [0.15, 0.2) is 97.2 Å². The van der Waals surface area contributed by atoms with Gasteiger partial charge in [-0.25, -0.2) is 4.98 Å². The van der Waals surface area contributed by atoms with Crippen LogP contribution in [0, 0.1) is 0 Å². The number of rotatable bonds is 6. The number of carbonyl (C=O) groups excluding carboxylic acids is 1. The largest absolute Gasteiger partial charge is 0.457 e.